The smallest absolute Gasteiger partial charge is 0.124 e. The molecule has 3 heteroatoms. The lowest BCUT2D eigenvalue weighted by Gasteiger charge is -2.05. The summed E-state index contributed by atoms with van der Waals surface area (Å²) >= 11 is 3.26. The number of methoxy groups -OCH3 is 1. The summed E-state index contributed by atoms with van der Waals surface area (Å²) in [5, 5.41) is 0. The highest BCUT2D eigenvalue weighted by atomic mass is 79.9. The van der Waals surface area contributed by atoms with Gasteiger partial charge in [-0.1, -0.05) is 22.5 Å². The maximum atomic E-state index is 12.7. The van der Waals surface area contributed by atoms with Crippen LogP contribution >= 0.6 is 15.9 Å². The number of rotatable bonds is 2. The lowest BCUT2D eigenvalue weighted by atomic mass is 10.2. The first kappa shape index (κ1) is 9.26. The predicted molar refractivity (Wildman–Crippen MR) is 50.1 cm³/mol. The fourth-order valence-electron chi connectivity index (χ4n) is 0.821. The Morgan fingerprint density at radius 2 is 2.25 bits per heavy atom. The van der Waals surface area contributed by atoms with E-state index in [9.17, 15) is 4.39 Å². The van der Waals surface area contributed by atoms with Gasteiger partial charge in [0.1, 0.15) is 11.6 Å². The van der Waals surface area contributed by atoms with E-state index in [1.807, 2.05) is 0 Å². The highest BCUT2D eigenvalue weighted by Crippen LogP contribution is 2.24. The molecule has 0 bridgehead atoms. The van der Waals surface area contributed by atoms with E-state index < -0.39 is 0 Å². The Balaban J connectivity index is 3.13. The van der Waals surface area contributed by atoms with Crippen molar-refractivity contribution >= 4 is 21.7 Å². The fourth-order valence-corrected chi connectivity index (χ4v) is 1.29. The van der Waals surface area contributed by atoms with Crippen molar-refractivity contribution in [2.24, 2.45) is 0 Å². The zero-order valence-electron chi connectivity index (χ0n) is 6.60. The molecular formula is C9H8BrFO. The third-order valence-corrected chi connectivity index (χ3v) is 2.17. The average molecular weight is 231 g/mol. The molecule has 1 nitrogen and oxygen atoms in total. The second-order valence-corrected chi connectivity index (χ2v) is 3.11. The van der Waals surface area contributed by atoms with E-state index in [0.717, 1.165) is 4.47 Å². The predicted octanol–water partition coefficient (Wildman–Crippen LogP) is 3.21. The summed E-state index contributed by atoms with van der Waals surface area (Å²) in [4.78, 5) is 0. The molecule has 64 valence electrons. The third kappa shape index (κ3) is 1.85. The third-order valence-electron chi connectivity index (χ3n) is 1.48. The van der Waals surface area contributed by atoms with Gasteiger partial charge in [-0.15, -0.1) is 0 Å². The van der Waals surface area contributed by atoms with E-state index in [2.05, 4.69) is 22.5 Å². The lowest BCUT2D eigenvalue weighted by molar-refractivity contribution is 0.371. The van der Waals surface area contributed by atoms with Gasteiger partial charge in [0.25, 0.3) is 0 Å². The van der Waals surface area contributed by atoms with Crippen LogP contribution in [0.1, 0.15) is 5.56 Å². The quantitative estimate of drug-likeness (QED) is 0.710. The molecule has 0 aliphatic heterocycles. The van der Waals surface area contributed by atoms with Crippen molar-refractivity contribution in [2.75, 3.05) is 7.11 Å². The molecule has 0 unspecified atom stereocenters. The van der Waals surface area contributed by atoms with E-state index >= 15 is 0 Å². The van der Waals surface area contributed by atoms with Crippen LogP contribution in [0.25, 0.3) is 5.76 Å². The van der Waals surface area contributed by atoms with Crippen LogP contribution in [0.5, 0.6) is 0 Å². The van der Waals surface area contributed by atoms with Gasteiger partial charge in [0.2, 0.25) is 0 Å². The second kappa shape index (κ2) is 3.72. The molecule has 1 aromatic carbocycles. The monoisotopic (exact) mass is 230 g/mol. The Bertz CT molecular complexity index is 309. The standard InChI is InChI=1S/C9H8BrFO/c1-6(12-2)8-5-7(11)3-4-9(8)10/h3-5H,1H2,2H3. The summed E-state index contributed by atoms with van der Waals surface area (Å²) in [6.07, 6.45) is 0. The number of hydrogen-bond acceptors (Lipinski definition) is 1. The minimum atomic E-state index is -0.300. The van der Waals surface area contributed by atoms with Crippen LogP contribution in [0.2, 0.25) is 0 Å². The van der Waals surface area contributed by atoms with Crippen molar-refractivity contribution < 1.29 is 9.13 Å². The molecule has 0 radical (unpaired) electrons. The molecule has 0 spiro atoms. The first-order chi connectivity index (χ1) is 5.65. The molecule has 0 heterocycles. The van der Waals surface area contributed by atoms with Crippen LogP contribution in [0.4, 0.5) is 4.39 Å². The Hall–Kier alpha value is -0.830. The normalized spacial score (nSPS) is 9.58. The second-order valence-electron chi connectivity index (χ2n) is 2.25. The van der Waals surface area contributed by atoms with E-state index in [4.69, 9.17) is 4.74 Å². The van der Waals surface area contributed by atoms with Gasteiger partial charge in [0, 0.05) is 10.0 Å². The van der Waals surface area contributed by atoms with E-state index in [1.165, 1.54) is 19.2 Å². The largest absolute Gasteiger partial charge is 0.497 e. The van der Waals surface area contributed by atoms with Crippen molar-refractivity contribution in [3.63, 3.8) is 0 Å². The SMILES string of the molecule is C=C(OC)c1cc(F)ccc1Br. The number of hydrogen-bond donors (Lipinski definition) is 0. The fraction of sp³-hybridized carbons (Fsp3) is 0.111. The zero-order chi connectivity index (χ0) is 9.14. The van der Waals surface area contributed by atoms with E-state index in [0.29, 0.717) is 11.3 Å². The molecule has 12 heavy (non-hydrogen) atoms. The Morgan fingerprint density at radius 3 is 2.83 bits per heavy atom. The van der Waals surface area contributed by atoms with E-state index in [-0.39, 0.29) is 5.82 Å². The highest BCUT2D eigenvalue weighted by Gasteiger charge is 2.04. The molecule has 1 aromatic rings. The van der Waals surface area contributed by atoms with Gasteiger partial charge in [-0.25, -0.2) is 4.39 Å². The maximum Gasteiger partial charge on any atom is 0.124 e. The molecule has 0 saturated carbocycles. The Kier molecular flexibility index (Phi) is 2.87. The Morgan fingerprint density at radius 1 is 1.58 bits per heavy atom. The average Bonchev–Trinajstić information content (AvgIpc) is 2.08. The van der Waals surface area contributed by atoms with Gasteiger partial charge < -0.3 is 4.74 Å². The van der Waals surface area contributed by atoms with Crippen LogP contribution in [-0.4, -0.2) is 7.11 Å². The van der Waals surface area contributed by atoms with Crippen LogP contribution in [0.15, 0.2) is 29.3 Å². The maximum absolute atomic E-state index is 12.7. The topological polar surface area (TPSA) is 9.23 Å². The number of benzene rings is 1. The van der Waals surface area contributed by atoms with Crippen molar-refractivity contribution in [1.29, 1.82) is 0 Å². The highest BCUT2D eigenvalue weighted by molar-refractivity contribution is 9.10. The summed E-state index contributed by atoms with van der Waals surface area (Å²) in [6.45, 7) is 3.63. The molecule has 1 rings (SSSR count). The molecule has 0 aliphatic carbocycles. The minimum Gasteiger partial charge on any atom is -0.497 e. The van der Waals surface area contributed by atoms with Crippen molar-refractivity contribution in [3.8, 4) is 0 Å². The number of ether oxygens (including phenoxy) is 1. The summed E-state index contributed by atoms with van der Waals surface area (Å²) in [6, 6.07) is 4.36. The molecule has 0 fully saturated rings. The van der Waals surface area contributed by atoms with Crippen molar-refractivity contribution in [2.45, 2.75) is 0 Å². The van der Waals surface area contributed by atoms with Gasteiger partial charge >= 0.3 is 0 Å². The molecular weight excluding hydrogens is 223 g/mol. The van der Waals surface area contributed by atoms with Crippen LogP contribution < -0.4 is 0 Å². The molecule has 0 amide bonds. The molecule has 0 aromatic heterocycles. The van der Waals surface area contributed by atoms with Crippen LogP contribution in [-0.2, 0) is 4.74 Å². The molecule has 0 aliphatic rings. The van der Waals surface area contributed by atoms with Crippen LogP contribution in [0, 0.1) is 5.82 Å². The van der Waals surface area contributed by atoms with Gasteiger partial charge in [-0.2, -0.15) is 0 Å². The zero-order valence-corrected chi connectivity index (χ0v) is 8.19. The summed E-state index contributed by atoms with van der Waals surface area (Å²) in [7, 11) is 1.50. The number of halogens is 2. The summed E-state index contributed by atoms with van der Waals surface area (Å²) < 4.78 is 18.4. The van der Waals surface area contributed by atoms with Crippen molar-refractivity contribution in [1.82, 2.24) is 0 Å². The van der Waals surface area contributed by atoms with Crippen molar-refractivity contribution in [3.05, 3.63) is 40.6 Å². The molecule has 0 saturated heterocycles. The molecule has 0 atom stereocenters. The first-order valence-electron chi connectivity index (χ1n) is 3.33. The van der Waals surface area contributed by atoms with Gasteiger partial charge in [0.05, 0.1) is 7.11 Å². The van der Waals surface area contributed by atoms with Gasteiger partial charge in [-0.3, -0.25) is 0 Å². The van der Waals surface area contributed by atoms with Crippen LogP contribution in [0.3, 0.4) is 0 Å². The molecule has 0 N–H and O–H groups in total. The van der Waals surface area contributed by atoms with E-state index in [1.54, 1.807) is 6.07 Å². The van der Waals surface area contributed by atoms with Gasteiger partial charge in [-0.05, 0) is 18.2 Å². The van der Waals surface area contributed by atoms with Gasteiger partial charge in [0.15, 0.2) is 0 Å². The summed E-state index contributed by atoms with van der Waals surface area (Å²) in [5.74, 6) is 0.146. The lowest BCUT2D eigenvalue weighted by Crippen LogP contribution is -1.88. The summed E-state index contributed by atoms with van der Waals surface area (Å²) in [5.41, 5.74) is 0.637. The Labute approximate surface area is 79.0 Å². The minimum absolute atomic E-state index is 0.300. The first-order valence-corrected chi connectivity index (χ1v) is 4.12.